The van der Waals surface area contributed by atoms with Crippen molar-refractivity contribution in [2.75, 3.05) is 19.7 Å². The summed E-state index contributed by atoms with van der Waals surface area (Å²) in [5.41, 5.74) is 2.22. The van der Waals surface area contributed by atoms with Gasteiger partial charge < -0.3 is 9.57 Å². The zero-order valence-electron chi connectivity index (χ0n) is 16.9. The second-order valence-electron chi connectivity index (χ2n) is 6.88. The third-order valence-corrected chi connectivity index (χ3v) is 6.64. The van der Waals surface area contributed by atoms with E-state index in [1.54, 1.807) is 30.3 Å². The lowest BCUT2D eigenvalue weighted by atomic mass is 10.1. The summed E-state index contributed by atoms with van der Waals surface area (Å²) in [6.07, 6.45) is 1.26. The average Bonchev–Trinajstić information content (AvgIpc) is 2.80. The van der Waals surface area contributed by atoms with E-state index in [1.165, 1.54) is 16.4 Å². The highest BCUT2D eigenvalue weighted by Crippen LogP contribution is 2.22. The van der Waals surface area contributed by atoms with Crippen LogP contribution in [0.5, 0.6) is 5.75 Å². The molecular weight excluding hydrogens is 416 g/mol. The summed E-state index contributed by atoms with van der Waals surface area (Å²) in [6.45, 7) is 1.18. The standard InChI is InChI=1S/C22H22N4O4S/c23-11-2-14-29-21-5-7-22(8-6-21)31(27,28)26-12-9-20(10-13-26)25-30-17-19-4-1-3-18(15-19)16-24/h1,3-8,15H,2,9-10,12-14,17H2. The van der Waals surface area contributed by atoms with Crippen molar-refractivity contribution in [1.82, 2.24) is 4.31 Å². The number of ether oxygens (including phenoxy) is 1. The normalized spacial score (nSPS) is 14.3. The molecule has 2 aromatic carbocycles. The van der Waals surface area contributed by atoms with Crippen LogP contribution in [0.1, 0.15) is 30.4 Å². The van der Waals surface area contributed by atoms with Gasteiger partial charge in [0.1, 0.15) is 19.0 Å². The number of sulfonamides is 1. The fourth-order valence-electron chi connectivity index (χ4n) is 3.08. The minimum atomic E-state index is -3.60. The Morgan fingerprint density at radius 2 is 1.81 bits per heavy atom. The molecule has 0 bridgehead atoms. The Labute approximate surface area is 182 Å². The Kier molecular flexibility index (Phi) is 7.60. The van der Waals surface area contributed by atoms with Crippen molar-refractivity contribution in [3.8, 4) is 17.9 Å². The Bertz CT molecular complexity index is 1110. The van der Waals surface area contributed by atoms with Gasteiger partial charge in [0.05, 0.1) is 34.7 Å². The Hall–Kier alpha value is -3.40. The summed E-state index contributed by atoms with van der Waals surface area (Å²) < 4.78 is 32.6. The zero-order chi connectivity index (χ0) is 22.1. The second-order valence-corrected chi connectivity index (χ2v) is 8.81. The lowest BCUT2D eigenvalue weighted by molar-refractivity contribution is 0.128. The molecule has 0 spiro atoms. The van der Waals surface area contributed by atoms with E-state index in [-0.39, 0.29) is 24.5 Å². The van der Waals surface area contributed by atoms with Gasteiger partial charge in [0.15, 0.2) is 0 Å². The first-order valence-corrected chi connectivity index (χ1v) is 11.2. The van der Waals surface area contributed by atoms with Gasteiger partial charge >= 0.3 is 0 Å². The molecule has 8 nitrogen and oxygen atoms in total. The molecule has 0 unspecified atom stereocenters. The maximum atomic E-state index is 12.9. The van der Waals surface area contributed by atoms with Crippen molar-refractivity contribution in [3.05, 3.63) is 59.7 Å². The van der Waals surface area contributed by atoms with E-state index in [4.69, 9.17) is 20.1 Å². The summed E-state index contributed by atoms with van der Waals surface area (Å²) >= 11 is 0. The molecule has 0 amide bonds. The van der Waals surface area contributed by atoms with Gasteiger partial charge in [0.2, 0.25) is 10.0 Å². The molecule has 9 heteroatoms. The molecule has 3 rings (SSSR count). The van der Waals surface area contributed by atoms with Gasteiger partial charge in [-0.05, 0) is 42.0 Å². The zero-order valence-corrected chi connectivity index (χ0v) is 17.7. The van der Waals surface area contributed by atoms with Gasteiger partial charge in [-0.3, -0.25) is 0 Å². The first-order valence-electron chi connectivity index (χ1n) is 9.79. The smallest absolute Gasteiger partial charge is 0.243 e. The maximum Gasteiger partial charge on any atom is 0.243 e. The summed E-state index contributed by atoms with van der Waals surface area (Å²) in [5, 5.41) is 21.6. The van der Waals surface area contributed by atoms with Crippen molar-refractivity contribution in [1.29, 1.82) is 10.5 Å². The van der Waals surface area contributed by atoms with Gasteiger partial charge in [-0.2, -0.15) is 14.8 Å². The molecule has 0 aliphatic carbocycles. The lowest BCUT2D eigenvalue weighted by Gasteiger charge is -2.26. The topological polar surface area (TPSA) is 116 Å². The summed E-state index contributed by atoms with van der Waals surface area (Å²) in [4.78, 5) is 5.60. The lowest BCUT2D eigenvalue weighted by Crippen LogP contribution is -2.38. The maximum absolute atomic E-state index is 12.9. The van der Waals surface area contributed by atoms with Crippen molar-refractivity contribution < 1.29 is 18.0 Å². The molecule has 1 heterocycles. The fourth-order valence-corrected chi connectivity index (χ4v) is 4.52. The quantitative estimate of drug-likeness (QED) is 0.462. The van der Waals surface area contributed by atoms with Crippen molar-refractivity contribution in [2.45, 2.75) is 30.8 Å². The number of nitrogens with zero attached hydrogens (tertiary/aromatic N) is 4. The molecule has 2 aromatic rings. The molecule has 1 fully saturated rings. The van der Waals surface area contributed by atoms with Crippen LogP contribution in [0.4, 0.5) is 0 Å². The monoisotopic (exact) mass is 438 g/mol. The molecule has 0 saturated carbocycles. The van der Waals surface area contributed by atoms with Gasteiger partial charge in [-0.15, -0.1) is 0 Å². The van der Waals surface area contributed by atoms with Crippen LogP contribution in [0, 0.1) is 22.7 Å². The highest BCUT2D eigenvalue weighted by Gasteiger charge is 2.28. The fraction of sp³-hybridized carbons (Fsp3) is 0.318. The molecule has 31 heavy (non-hydrogen) atoms. The molecule has 0 N–H and O–H groups in total. The van der Waals surface area contributed by atoms with E-state index in [0.717, 1.165) is 11.3 Å². The molecular formula is C22H22N4O4S. The summed E-state index contributed by atoms with van der Waals surface area (Å²) in [7, 11) is -3.60. The van der Waals surface area contributed by atoms with Crippen LogP contribution in [-0.4, -0.2) is 38.1 Å². The number of oxime groups is 1. The largest absolute Gasteiger partial charge is 0.493 e. The van der Waals surface area contributed by atoms with Crippen LogP contribution in [0.2, 0.25) is 0 Å². The van der Waals surface area contributed by atoms with Crippen molar-refractivity contribution >= 4 is 15.7 Å². The summed E-state index contributed by atoms with van der Waals surface area (Å²) in [5.74, 6) is 0.528. The number of benzene rings is 2. The Balaban J connectivity index is 1.52. The Morgan fingerprint density at radius 1 is 1.06 bits per heavy atom. The summed E-state index contributed by atoms with van der Waals surface area (Å²) in [6, 6.07) is 17.4. The van der Waals surface area contributed by atoms with Crippen LogP contribution in [0.15, 0.2) is 58.6 Å². The van der Waals surface area contributed by atoms with Crippen LogP contribution in [0.3, 0.4) is 0 Å². The average molecular weight is 439 g/mol. The van der Waals surface area contributed by atoms with E-state index >= 15 is 0 Å². The number of nitriles is 2. The van der Waals surface area contributed by atoms with Gasteiger partial charge in [0.25, 0.3) is 0 Å². The van der Waals surface area contributed by atoms with E-state index in [1.807, 2.05) is 12.1 Å². The number of hydrogen-bond acceptors (Lipinski definition) is 7. The van der Waals surface area contributed by atoms with Crippen LogP contribution in [0.25, 0.3) is 0 Å². The van der Waals surface area contributed by atoms with E-state index < -0.39 is 10.0 Å². The Morgan fingerprint density at radius 3 is 2.48 bits per heavy atom. The molecule has 1 saturated heterocycles. The highest BCUT2D eigenvalue weighted by molar-refractivity contribution is 7.89. The highest BCUT2D eigenvalue weighted by atomic mass is 32.2. The predicted octanol–water partition coefficient (Wildman–Crippen LogP) is 3.21. The minimum absolute atomic E-state index is 0.203. The SMILES string of the molecule is N#CCCOc1ccc(S(=O)(=O)N2CCC(=NOCc3cccc(C#N)c3)CC2)cc1. The molecule has 0 aromatic heterocycles. The van der Waals surface area contributed by atoms with Crippen molar-refractivity contribution in [2.24, 2.45) is 5.16 Å². The number of rotatable bonds is 8. The van der Waals surface area contributed by atoms with Crippen LogP contribution in [-0.2, 0) is 21.5 Å². The van der Waals surface area contributed by atoms with Crippen LogP contribution < -0.4 is 4.74 Å². The van der Waals surface area contributed by atoms with Gasteiger partial charge in [-0.1, -0.05) is 17.3 Å². The third-order valence-electron chi connectivity index (χ3n) is 4.72. The molecule has 1 aliphatic rings. The number of hydrogen-bond donors (Lipinski definition) is 0. The minimum Gasteiger partial charge on any atom is -0.493 e. The predicted molar refractivity (Wildman–Crippen MR) is 114 cm³/mol. The molecule has 0 atom stereocenters. The van der Waals surface area contributed by atoms with Gasteiger partial charge in [-0.25, -0.2) is 8.42 Å². The molecule has 0 radical (unpaired) electrons. The first kappa shape index (κ1) is 22.3. The van der Waals surface area contributed by atoms with Gasteiger partial charge in [0, 0.05) is 25.9 Å². The van der Waals surface area contributed by atoms with Crippen LogP contribution >= 0.6 is 0 Å². The molecule has 160 valence electrons. The first-order chi connectivity index (χ1) is 15.0. The molecule has 1 aliphatic heterocycles. The van der Waals surface area contributed by atoms with E-state index in [0.29, 0.717) is 37.2 Å². The number of piperidine rings is 1. The third kappa shape index (κ3) is 6.05. The van der Waals surface area contributed by atoms with E-state index in [9.17, 15) is 8.42 Å². The van der Waals surface area contributed by atoms with Crippen molar-refractivity contribution in [3.63, 3.8) is 0 Å². The van der Waals surface area contributed by atoms with E-state index in [2.05, 4.69) is 11.2 Å². The second kappa shape index (κ2) is 10.6.